The van der Waals surface area contributed by atoms with E-state index in [0.717, 1.165) is 32.1 Å². The largest absolute Gasteiger partial charge is 0.490 e. The molecule has 0 saturated heterocycles. The molecule has 19 heavy (non-hydrogen) atoms. The zero-order valence-corrected chi connectivity index (χ0v) is 11.5. The van der Waals surface area contributed by atoms with E-state index in [1.54, 1.807) is 12.1 Å². The third-order valence-corrected chi connectivity index (χ3v) is 3.97. The zero-order valence-electron chi connectivity index (χ0n) is 10.7. The van der Waals surface area contributed by atoms with Crippen molar-refractivity contribution in [3.63, 3.8) is 0 Å². The molecule has 1 aliphatic carbocycles. The lowest BCUT2D eigenvalue weighted by Crippen LogP contribution is -2.17. The molecule has 2 rings (SSSR count). The summed E-state index contributed by atoms with van der Waals surface area (Å²) >= 11 is 0. The molecule has 0 radical (unpaired) electrons. The van der Waals surface area contributed by atoms with Gasteiger partial charge in [0, 0.05) is 6.07 Å². The average Bonchev–Trinajstić information content (AvgIpc) is 2.32. The van der Waals surface area contributed by atoms with Crippen LogP contribution in [0.2, 0.25) is 0 Å². The SMILES string of the molecule is O=S(=O)(O)c1cccc(OC2CC/C=C/CCC2)c1. The summed E-state index contributed by atoms with van der Waals surface area (Å²) in [6.45, 7) is 0. The predicted octanol–water partition coefficient (Wildman–Crippen LogP) is 3.20. The first-order valence-electron chi connectivity index (χ1n) is 6.45. The van der Waals surface area contributed by atoms with Crippen molar-refractivity contribution in [2.75, 3.05) is 0 Å². The maximum Gasteiger partial charge on any atom is 0.294 e. The van der Waals surface area contributed by atoms with Crippen LogP contribution in [0.3, 0.4) is 0 Å². The maximum absolute atomic E-state index is 11.1. The van der Waals surface area contributed by atoms with Crippen molar-refractivity contribution in [1.82, 2.24) is 0 Å². The number of ether oxygens (including phenoxy) is 1. The summed E-state index contributed by atoms with van der Waals surface area (Å²) in [6, 6.07) is 6.00. The van der Waals surface area contributed by atoms with Crippen LogP contribution < -0.4 is 4.74 Å². The first kappa shape index (κ1) is 14.1. The van der Waals surface area contributed by atoms with Gasteiger partial charge in [-0.1, -0.05) is 18.2 Å². The fourth-order valence-electron chi connectivity index (χ4n) is 2.14. The van der Waals surface area contributed by atoms with Crippen molar-refractivity contribution in [3.8, 4) is 5.75 Å². The number of rotatable bonds is 3. The van der Waals surface area contributed by atoms with Crippen LogP contribution in [-0.4, -0.2) is 19.1 Å². The minimum Gasteiger partial charge on any atom is -0.490 e. The number of benzene rings is 1. The van der Waals surface area contributed by atoms with Crippen molar-refractivity contribution >= 4 is 10.1 Å². The molecule has 0 amide bonds. The van der Waals surface area contributed by atoms with E-state index in [1.165, 1.54) is 12.1 Å². The van der Waals surface area contributed by atoms with Crippen LogP contribution in [0.25, 0.3) is 0 Å². The molecule has 1 aromatic rings. The van der Waals surface area contributed by atoms with Crippen molar-refractivity contribution in [3.05, 3.63) is 36.4 Å². The Hall–Kier alpha value is -1.33. The molecule has 1 aromatic carbocycles. The number of allylic oxidation sites excluding steroid dienone is 2. The van der Waals surface area contributed by atoms with Crippen LogP contribution in [0, 0.1) is 0 Å². The van der Waals surface area contributed by atoms with Crippen molar-refractivity contribution in [2.24, 2.45) is 0 Å². The summed E-state index contributed by atoms with van der Waals surface area (Å²) in [5.41, 5.74) is 0. The van der Waals surface area contributed by atoms with Crippen LogP contribution >= 0.6 is 0 Å². The Balaban J connectivity index is 2.08. The molecule has 0 spiro atoms. The molecular formula is C14H18O4S. The highest BCUT2D eigenvalue weighted by atomic mass is 32.2. The van der Waals surface area contributed by atoms with Crippen molar-refractivity contribution < 1.29 is 17.7 Å². The van der Waals surface area contributed by atoms with Crippen LogP contribution in [0.4, 0.5) is 0 Å². The van der Waals surface area contributed by atoms with E-state index in [-0.39, 0.29) is 11.0 Å². The topological polar surface area (TPSA) is 63.6 Å². The van der Waals surface area contributed by atoms with E-state index in [4.69, 9.17) is 9.29 Å². The molecule has 1 aliphatic rings. The Morgan fingerprint density at radius 2 is 1.95 bits per heavy atom. The van der Waals surface area contributed by atoms with Gasteiger partial charge < -0.3 is 4.74 Å². The van der Waals surface area contributed by atoms with Gasteiger partial charge in [0.2, 0.25) is 0 Å². The zero-order chi connectivity index (χ0) is 13.7. The molecule has 0 aliphatic heterocycles. The lowest BCUT2D eigenvalue weighted by atomic mass is 10.0. The summed E-state index contributed by atoms with van der Waals surface area (Å²) in [6.07, 6.45) is 9.43. The highest BCUT2D eigenvalue weighted by Crippen LogP contribution is 2.22. The standard InChI is InChI=1S/C14H18O4S/c15-19(16,17)14-10-6-9-13(11-14)18-12-7-4-2-1-3-5-8-12/h1-2,6,9-12H,3-5,7-8H2,(H,15,16,17)/b2-1+. The number of hydrogen-bond acceptors (Lipinski definition) is 3. The summed E-state index contributed by atoms with van der Waals surface area (Å²) in [4.78, 5) is -0.129. The minimum absolute atomic E-state index is 0.0987. The second kappa shape index (κ2) is 6.21. The lowest BCUT2D eigenvalue weighted by Gasteiger charge is -2.20. The van der Waals surface area contributed by atoms with E-state index in [0.29, 0.717) is 5.75 Å². The molecule has 4 nitrogen and oxygen atoms in total. The predicted molar refractivity (Wildman–Crippen MR) is 72.9 cm³/mol. The van der Waals surface area contributed by atoms with Gasteiger partial charge in [-0.3, -0.25) is 4.55 Å². The first-order chi connectivity index (χ1) is 9.05. The molecule has 0 fully saturated rings. The van der Waals surface area contributed by atoms with Crippen LogP contribution in [0.15, 0.2) is 41.3 Å². The Labute approximate surface area is 113 Å². The Bertz CT molecular complexity index is 548. The second-order valence-corrected chi connectivity index (χ2v) is 6.09. The summed E-state index contributed by atoms with van der Waals surface area (Å²) in [5, 5.41) is 0. The molecule has 104 valence electrons. The van der Waals surface area contributed by atoms with E-state index >= 15 is 0 Å². The molecule has 0 saturated carbocycles. The monoisotopic (exact) mass is 282 g/mol. The highest BCUT2D eigenvalue weighted by Gasteiger charge is 2.14. The quantitative estimate of drug-likeness (QED) is 0.683. The fourth-order valence-corrected chi connectivity index (χ4v) is 2.66. The fraction of sp³-hybridized carbons (Fsp3) is 0.429. The van der Waals surface area contributed by atoms with Gasteiger partial charge in [-0.15, -0.1) is 0 Å². The smallest absolute Gasteiger partial charge is 0.294 e. The molecule has 1 unspecified atom stereocenters. The minimum atomic E-state index is -4.17. The Morgan fingerprint density at radius 1 is 1.16 bits per heavy atom. The van der Waals surface area contributed by atoms with Gasteiger partial charge in [0.1, 0.15) is 5.75 Å². The maximum atomic E-state index is 11.1. The molecule has 0 bridgehead atoms. The van der Waals surface area contributed by atoms with Crippen LogP contribution in [0.5, 0.6) is 5.75 Å². The van der Waals surface area contributed by atoms with Gasteiger partial charge in [0.15, 0.2) is 0 Å². The van der Waals surface area contributed by atoms with E-state index < -0.39 is 10.1 Å². The van der Waals surface area contributed by atoms with Crippen LogP contribution in [0.1, 0.15) is 32.1 Å². The molecule has 0 aromatic heterocycles. The van der Waals surface area contributed by atoms with Gasteiger partial charge in [-0.05, 0) is 44.2 Å². The summed E-state index contributed by atoms with van der Waals surface area (Å²) in [5.74, 6) is 0.490. The van der Waals surface area contributed by atoms with Gasteiger partial charge in [-0.25, -0.2) is 0 Å². The average molecular weight is 282 g/mol. The molecule has 1 atom stereocenters. The molecule has 0 heterocycles. The van der Waals surface area contributed by atoms with Gasteiger partial charge in [0.25, 0.3) is 10.1 Å². The van der Waals surface area contributed by atoms with E-state index in [9.17, 15) is 8.42 Å². The third kappa shape index (κ3) is 4.36. The third-order valence-electron chi connectivity index (χ3n) is 3.12. The molecule has 1 N–H and O–H groups in total. The van der Waals surface area contributed by atoms with E-state index in [2.05, 4.69) is 12.2 Å². The van der Waals surface area contributed by atoms with Crippen molar-refractivity contribution in [2.45, 2.75) is 43.1 Å². The second-order valence-electron chi connectivity index (χ2n) is 4.67. The molecule has 5 heteroatoms. The summed E-state index contributed by atoms with van der Waals surface area (Å²) in [7, 11) is -4.17. The number of hydrogen-bond donors (Lipinski definition) is 1. The molecular weight excluding hydrogens is 264 g/mol. The first-order valence-corrected chi connectivity index (χ1v) is 7.89. The summed E-state index contributed by atoms with van der Waals surface area (Å²) < 4.78 is 37.0. The van der Waals surface area contributed by atoms with Gasteiger partial charge in [-0.2, -0.15) is 8.42 Å². The Kier molecular flexibility index (Phi) is 4.61. The lowest BCUT2D eigenvalue weighted by molar-refractivity contribution is 0.177. The highest BCUT2D eigenvalue weighted by molar-refractivity contribution is 7.85. The van der Waals surface area contributed by atoms with Crippen LogP contribution in [-0.2, 0) is 10.1 Å². The van der Waals surface area contributed by atoms with E-state index in [1.807, 2.05) is 0 Å². The van der Waals surface area contributed by atoms with Gasteiger partial charge >= 0.3 is 0 Å². The van der Waals surface area contributed by atoms with Gasteiger partial charge in [0.05, 0.1) is 11.0 Å². The van der Waals surface area contributed by atoms with Crippen molar-refractivity contribution in [1.29, 1.82) is 0 Å². The normalized spacial score (nSPS) is 22.3. The Morgan fingerprint density at radius 3 is 2.74 bits per heavy atom.